The van der Waals surface area contributed by atoms with E-state index in [1.54, 1.807) is 30.3 Å². The summed E-state index contributed by atoms with van der Waals surface area (Å²) in [5.74, 6) is -1.61. The summed E-state index contributed by atoms with van der Waals surface area (Å²) in [6.45, 7) is -0.0987. The van der Waals surface area contributed by atoms with Gasteiger partial charge in [0.25, 0.3) is 11.8 Å². The second-order valence-electron chi connectivity index (χ2n) is 10.8. The van der Waals surface area contributed by atoms with Crippen molar-refractivity contribution in [1.82, 2.24) is 10.2 Å². The molecular weight excluding hydrogens is 642 g/mol. The van der Waals surface area contributed by atoms with Crippen molar-refractivity contribution in [3.05, 3.63) is 110 Å². The van der Waals surface area contributed by atoms with Gasteiger partial charge in [-0.25, -0.2) is 0 Å². The Hall–Kier alpha value is -4.52. The summed E-state index contributed by atoms with van der Waals surface area (Å²) in [7, 11) is 1.43. The van der Waals surface area contributed by atoms with Crippen molar-refractivity contribution >= 4 is 34.4 Å². The van der Waals surface area contributed by atoms with E-state index in [9.17, 15) is 40.7 Å². The van der Waals surface area contributed by atoms with E-state index in [0.717, 1.165) is 6.07 Å². The quantitative estimate of drug-likeness (QED) is 0.221. The molecule has 2 atom stereocenters. The summed E-state index contributed by atoms with van der Waals surface area (Å²) >= 11 is 5.99. The molecule has 1 aliphatic rings. The maximum Gasteiger partial charge on any atom is 0.416 e. The van der Waals surface area contributed by atoms with Crippen LogP contribution in [0.4, 0.5) is 26.3 Å². The summed E-state index contributed by atoms with van der Waals surface area (Å²) < 4.78 is 92.0. The minimum atomic E-state index is -5.13. The number of hydrogen-bond donors (Lipinski definition) is 1. The Bertz CT molecular complexity index is 1810. The lowest BCUT2D eigenvalue weighted by atomic mass is 9.91. The van der Waals surface area contributed by atoms with E-state index in [1.165, 1.54) is 24.1 Å². The molecule has 1 aliphatic heterocycles. The van der Waals surface area contributed by atoms with Gasteiger partial charge in [-0.2, -0.15) is 26.3 Å². The van der Waals surface area contributed by atoms with Crippen LogP contribution >= 0.6 is 11.6 Å². The number of nitrogens with one attached hydrogen (secondary N) is 1. The minimum Gasteiger partial charge on any atom is -0.497 e. The normalized spacial score (nSPS) is 17.2. The van der Waals surface area contributed by atoms with Crippen molar-refractivity contribution in [3.8, 4) is 5.75 Å². The molecule has 3 aromatic carbocycles. The van der Waals surface area contributed by atoms with Gasteiger partial charge in [-0.05, 0) is 67.3 Å². The van der Waals surface area contributed by atoms with Gasteiger partial charge in [0, 0.05) is 41.3 Å². The number of carbonyl (C=O) groups excluding carboxylic acids is 2. The summed E-state index contributed by atoms with van der Waals surface area (Å²) in [6.07, 6.45) is -9.88. The summed E-state index contributed by atoms with van der Waals surface area (Å²) in [5.41, 5.74) is -3.62. The number of benzene rings is 3. The number of likely N-dealkylation sites (tertiary alicyclic amines) is 1. The van der Waals surface area contributed by atoms with Crippen molar-refractivity contribution < 1.29 is 45.1 Å². The standard InChI is InChI=1S/C32H25ClF6N2O5/c1-45-24-6-7-25-26(42)16-28(46-27(25)15-24)29(43)40-22-8-9-41(23(14-22)10-17-2-4-21(33)5-3-17)30(44)18-11-19(31(34,35)36)13-20(12-18)32(37,38)39/h2-7,11-13,15-16,22-23H,8-10,14H2,1H3,(H,40,43). The summed E-state index contributed by atoms with van der Waals surface area (Å²) in [6, 6.07) is 11.6. The molecule has 46 heavy (non-hydrogen) atoms. The van der Waals surface area contributed by atoms with Crippen LogP contribution in [0, 0.1) is 0 Å². The first-order valence-corrected chi connectivity index (χ1v) is 14.3. The Kier molecular flexibility index (Phi) is 9.07. The molecule has 7 nitrogen and oxygen atoms in total. The lowest BCUT2D eigenvalue weighted by Gasteiger charge is -2.40. The van der Waals surface area contributed by atoms with Gasteiger partial charge in [0.05, 0.1) is 23.6 Å². The van der Waals surface area contributed by atoms with Crippen LogP contribution in [0.2, 0.25) is 5.02 Å². The van der Waals surface area contributed by atoms with Crippen LogP contribution in [0.3, 0.4) is 0 Å². The molecule has 2 unspecified atom stereocenters. The zero-order valence-electron chi connectivity index (χ0n) is 24.0. The molecule has 1 fully saturated rings. The number of alkyl halides is 6. The molecule has 5 rings (SSSR count). The third kappa shape index (κ3) is 7.30. The third-order valence-electron chi connectivity index (χ3n) is 7.69. The highest BCUT2D eigenvalue weighted by molar-refractivity contribution is 6.30. The molecule has 14 heteroatoms. The topological polar surface area (TPSA) is 88.9 Å². The number of methoxy groups -OCH3 is 1. The molecule has 0 spiro atoms. The molecule has 2 heterocycles. The third-order valence-corrected chi connectivity index (χ3v) is 7.94. The van der Waals surface area contributed by atoms with Crippen LogP contribution in [0.1, 0.15) is 50.4 Å². The number of amides is 2. The van der Waals surface area contributed by atoms with E-state index in [1.807, 2.05) is 0 Å². The fourth-order valence-electron chi connectivity index (χ4n) is 5.41. The predicted molar refractivity (Wildman–Crippen MR) is 156 cm³/mol. The molecule has 242 valence electrons. The SMILES string of the molecule is COc1ccc2c(=O)cc(C(=O)NC3CCN(C(=O)c4cc(C(F)(F)F)cc(C(F)(F)F)c4)C(Cc4ccc(Cl)cc4)C3)oc2c1. The number of ether oxygens (including phenoxy) is 1. The maximum absolute atomic E-state index is 13.6. The summed E-state index contributed by atoms with van der Waals surface area (Å²) in [5, 5.41) is 3.44. The van der Waals surface area contributed by atoms with E-state index in [2.05, 4.69) is 5.32 Å². The Balaban J connectivity index is 1.43. The first-order chi connectivity index (χ1) is 21.6. The Morgan fingerprint density at radius 2 is 1.61 bits per heavy atom. The van der Waals surface area contributed by atoms with Gasteiger partial charge in [0.2, 0.25) is 0 Å². The minimum absolute atomic E-state index is 0.0367. The van der Waals surface area contributed by atoms with Crippen LogP contribution < -0.4 is 15.5 Å². The van der Waals surface area contributed by atoms with Crippen LogP contribution in [0.25, 0.3) is 11.0 Å². The Morgan fingerprint density at radius 1 is 0.957 bits per heavy atom. The van der Waals surface area contributed by atoms with Crippen molar-refractivity contribution in [2.24, 2.45) is 0 Å². The zero-order valence-corrected chi connectivity index (χ0v) is 24.7. The Labute approximate surface area is 262 Å². The van der Waals surface area contributed by atoms with Gasteiger partial charge in [-0.15, -0.1) is 0 Å². The highest BCUT2D eigenvalue weighted by Gasteiger charge is 2.39. The van der Waals surface area contributed by atoms with Crippen molar-refractivity contribution in [3.63, 3.8) is 0 Å². The van der Waals surface area contributed by atoms with Crippen LogP contribution in [-0.2, 0) is 18.8 Å². The average molecular weight is 667 g/mol. The van der Waals surface area contributed by atoms with Gasteiger partial charge in [-0.3, -0.25) is 14.4 Å². The lowest BCUT2D eigenvalue weighted by molar-refractivity contribution is -0.143. The fourth-order valence-corrected chi connectivity index (χ4v) is 5.54. The number of piperidine rings is 1. The van der Waals surface area contributed by atoms with Gasteiger partial charge >= 0.3 is 12.4 Å². The molecule has 0 saturated carbocycles. The van der Waals surface area contributed by atoms with E-state index in [-0.39, 0.29) is 48.6 Å². The highest BCUT2D eigenvalue weighted by Crippen LogP contribution is 2.37. The smallest absolute Gasteiger partial charge is 0.416 e. The zero-order chi connectivity index (χ0) is 33.4. The van der Waals surface area contributed by atoms with Gasteiger partial charge < -0.3 is 19.4 Å². The molecule has 1 N–H and O–H groups in total. The number of fused-ring (bicyclic) bond motifs is 1. The molecule has 1 aromatic heterocycles. The number of hydrogen-bond acceptors (Lipinski definition) is 5. The second-order valence-corrected chi connectivity index (χ2v) is 11.2. The number of halogens is 7. The van der Waals surface area contributed by atoms with E-state index < -0.39 is 58.4 Å². The molecular formula is C32H25ClF6N2O5. The monoisotopic (exact) mass is 666 g/mol. The summed E-state index contributed by atoms with van der Waals surface area (Å²) in [4.78, 5) is 40.6. The number of carbonyl (C=O) groups is 2. The highest BCUT2D eigenvalue weighted by atomic mass is 35.5. The second kappa shape index (κ2) is 12.7. The molecule has 0 bridgehead atoms. The largest absolute Gasteiger partial charge is 0.497 e. The first-order valence-electron chi connectivity index (χ1n) is 13.9. The number of rotatable bonds is 6. The van der Waals surface area contributed by atoms with Gasteiger partial charge in [0.1, 0.15) is 11.3 Å². The van der Waals surface area contributed by atoms with Crippen LogP contribution in [-0.4, -0.2) is 42.5 Å². The average Bonchev–Trinajstić information content (AvgIpc) is 3.00. The maximum atomic E-state index is 13.6. The first kappa shape index (κ1) is 32.9. The molecule has 0 radical (unpaired) electrons. The number of nitrogens with zero attached hydrogens (tertiary/aromatic N) is 1. The van der Waals surface area contributed by atoms with Crippen molar-refractivity contribution in [1.29, 1.82) is 0 Å². The molecule has 0 aliphatic carbocycles. The van der Waals surface area contributed by atoms with Gasteiger partial charge in [0.15, 0.2) is 11.2 Å². The van der Waals surface area contributed by atoms with Crippen LogP contribution in [0.5, 0.6) is 5.75 Å². The van der Waals surface area contributed by atoms with Crippen molar-refractivity contribution in [2.75, 3.05) is 13.7 Å². The predicted octanol–water partition coefficient (Wildman–Crippen LogP) is 7.14. The molecule has 4 aromatic rings. The fraction of sp³-hybridized carbons (Fsp3) is 0.281. The molecule has 2 amide bonds. The van der Waals surface area contributed by atoms with Gasteiger partial charge in [-0.1, -0.05) is 23.7 Å². The van der Waals surface area contributed by atoms with E-state index in [0.29, 0.717) is 28.5 Å². The van der Waals surface area contributed by atoms with E-state index in [4.69, 9.17) is 20.8 Å². The Morgan fingerprint density at radius 3 is 2.22 bits per heavy atom. The molecule has 1 saturated heterocycles. The van der Waals surface area contributed by atoms with E-state index >= 15 is 0 Å². The van der Waals surface area contributed by atoms with Crippen molar-refractivity contribution in [2.45, 2.75) is 43.7 Å². The lowest BCUT2D eigenvalue weighted by Crippen LogP contribution is -2.52. The van der Waals surface area contributed by atoms with Crippen LogP contribution in [0.15, 0.2) is 75.9 Å².